The number of carbonyl (C=O) groups is 4. The predicted molar refractivity (Wildman–Crippen MR) is 173 cm³/mol. The zero-order valence-electron chi connectivity index (χ0n) is 25.8. The molecule has 8 rings (SSSR count). The first-order valence-corrected chi connectivity index (χ1v) is 16.3. The number of anilines is 2. The molecule has 4 amide bonds. The average molecular weight is 599 g/mol. The number of amides is 4. The maximum Gasteiger partial charge on any atom is 0.238 e. The molecule has 228 valence electrons. The van der Waals surface area contributed by atoms with Crippen LogP contribution in [-0.2, 0) is 24.6 Å². The number of rotatable bonds is 8. The number of hydrogen-bond acceptors (Lipinski definition) is 4. The summed E-state index contributed by atoms with van der Waals surface area (Å²) in [6.07, 6.45) is 11.5. The fourth-order valence-electron chi connectivity index (χ4n) is 9.75. The molecule has 6 aliphatic rings. The summed E-state index contributed by atoms with van der Waals surface area (Å²) in [5.41, 5.74) is 5.43. The lowest BCUT2D eigenvalue weighted by Gasteiger charge is -2.28. The van der Waals surface area contributed by atoms with Crippen molar-refractivity contribution in [2.24, 2.45) is 47.3 Å². The van der Waals surface area contributed by atoms with Crippen molar-refractivity contribution in [3.8, 4) is 0 Å². The van der Waals surface area contributed by atoms with E-state index in [2.05, 4.69) is 39.2 Å². The first-order chi connectivity index (χ1) is 21.6. The van der Waals surface area contributed by atoms with E-state index in [0.717, 1.165) is 36.8 Å². The van der Waals surface area contributed by atoms with E-state index in [1.807, 2.05) is 60.7 Å². The van der Waals surface area contributed by atoms with Gasteiger partial charge in [0, 0.05) is 5.41 Å². The molecule has 0 spiro atoms. The van der Waals surface area contributed by atoms with Gasteiger partial charge in [-0.1, -0.05) is 73.6 Å². The second kappa shape index (κ2) is 9.84. The maximum absolute atomic E-state index is 13.6. The molecule has 2 aromatic rings. The largest absolute Gasteiger partial charge is 0.274 e. The summed E-state index contributed by atoms with van der Waals surface area (Å²) in [6, 6.07) is 15.5. The van der Waals surface area contributed by atoms with Crippen LogP contribution in [0.1, 0.15) is 50.7 Å². The molecule has 4 fully saturated rings. The van der Waals surface area contributed by atoms with Crippen LogP contribution in [-0.4, -0.2) is 23.6 Å². The number of fused-ring (bicyclic) bond motifs is 10. The molecular formula is C39H38N2O4. The highest BCUT2D eigenvalue weighted by atomic mass is 16.2. The van der Waals surface area contributed by atoms with E-state index >= 15 is 0 Å². The molecule has 2 heterocycles. The summed E-state index contributed by atoms with van der Waals surface area (Å²) in [5, 5.41) is 0. The first kappa shape index (κ1) is 28.2. The Morgan fingerprint density at radius 2 is 0.978 bits per heavy atom. The van der Waals surface area contributed by atoms with Gasteiger partial charge in [0.15, 0.2) is 0 Å². The molecule has 8 atom stereocenters. The molecule has 45 heavy (non-hydrogen) atoms. The molecule has 6 nitrogen and oxygen atoms in total. The van der Waals surface area contributed by atoms with Gasteiger partial charge in [-0.25, -0.2) is 0 Å². The third-order valence-corrected chi connectivity index (χ3v) is 11.9. The van der Waals surface area contributed by atoms with Crippen LogP contribution in [0, 0.1) is 47.3 Å². The third-order valence-electron chi connectivity index (χ3n) is 11.9. The fraction of sp³-hybridized carbons (Fsp3) is 0.385. The minimum absolute atomic E-state index is 0.0781. The SMILES string of the molecule is C=CCC1=CC2CC1C1C(=O)N(c3ccc(C(C)(C)c4ccc(N5C(=O)C6C7C=C(CC=C)C(C7)C6C5=O)cc4)cc3)C(=O)C21. The van der Waals surface area contributed by atoms with Crippen LogP contribution in [0.5, 0.6) is 0 Å². The van der Waals surface area contributed by atoms with Crippen LogP contribution < -0.4 is 9.80 Å². The molecule has 4 aliphatic carbocycles. The van der Waals surface area contributed by atoms with Crippen molar-refractivity contribution in [3.05, 3.63) is 108 Å². The van der Waals surface area contributed by atoms with E-state index in [0.29, 0.717) is 11.4 Å². The van der Waals surface area contributed by atoms with Gasteiger partial charge >= 0.3 is 0 Å². The van der Waals surface area contributed by atoms with Gasteiger partial charge in [0.25, 0.3) is 0 Å². The fourth-order valence-corrected chi connectivity index (χ4v) is 9.75. The molecule has 0 N–H and O–H groups in total. The summed E-state index contributed by atoms with van der Waals surface area (Å²) >= 11 is 0. The molecule has 2 aliphatic heterocycles. The predicted octanol–water partition coefficient (Wildman–Crippen LogP) is 6.53. The van der Waals surface area contributed by atoms with Crippen molar-refractivity contribution in [3.63, 3.8) is 0 Å². The van der Waals surface area contributed by atoms with E-state index < -0.39 is 5.41 Å². The zero-order chi connectivity index (χ0) is 31.4. The van der Waals surface area contributed by atoms with Gasteiger partial charge in [-0.3, -0.25) is 29.0 Å². The Labute approximate surface area is 264 Å². The maximum atomic E-state index is 13.6. The highest BCUT2D eigenvalue weighted by molar-refractivity contribution is 6.23. The van der Waals surface area contributed by atoms with Gasteiger partial charge in [-0.05, 0) is 84.7 Å². The van der Waals surface area contributed by atoms with Gasteiger partial charge in [0.05, 0.1) is 35.0 Å². The lowest BCUT2D eigenvalue weighted by molar-refractivity contribution is -0.124. The number of nitrogens with zero attached hydrogens (tertiary/aromatic N) is 2. The van der Waals surface area contributed by atoms with Crippen molar-refractivity contribution < 1.29 is 19.2 Å². The van der Waals surface area contributed by atoms with Crippen molar-refractivity contribution >= 4 is 35.0 Å². The Kier molecular flexibility index (Phi) is 6.16. The summed E-state index contributed by atoms with van der Waals surface area (Å²) in [4.78, 5) is 56.9. The summed E-state index contributed by atoms with van der Waals surface area (Å²) in [5.74, 6) is -0.750. The number of carbonyl (C=O) groups excluding carboxylic acids is 4. The smallest absolute Gasteiger partial charge is 0.238 e. The Hall–Kier alpha value is -4.32. The Balaban J connectivity index is 0.994. The second-order valence-corrected chi connectivity index (χ2v) is 14.3. The van der Waals surface area contributed by atoms with Gasteiger partial charge < -0.3 is 0 Å². The van der Waals surface area contributed by atoms with E-state index in [-0.39, 0.29) is 71.0 Å². The van der Waals surface area contributed by atoms with Crippen LogP contribution in [0.2, 0.25) is 0 Å². The lowest BCUT2D eigenvalue weighted by atomic mass is 9.78. The molecule has 2 aromatic carbocycles. The summed E-state index contributed by atoms with van der Waals surface area (Å²) < 4.78 is 0. The zero-order valence-corrected chi connectivity index (χ0v) is 25.8. The molecule has 0 aromatic heterocycles. The lowest BCUT2D eigenvalue weighted by Crippen LogP contribution is -2.33. The molecule has 2 saturated carbocycles. The molecule has 4 bridgehead atoms. The summed E-state index contributed by atoms with van der Waals surface area (Å²) in [7, 11) is 0. The van der Waals surface area contributed by atoms with Crippen molar-refractivity contribution in [1.29, 1.82) is 0 Å². The van der Waals surface area contributed by atoms with Crippen LogP contribution in [0.15, 0.2) is 97.1 Å². The van der Waals surface area contributed by atoms with E-state index in [1.54, 1.807) is 0 Å². The van der Waals surface area contributed by atoms with Crippen LogP contribution in [0.25, 0.3) is 0 Å². The second-order valence-electron chi connectivity index (χ2n) is 14.3. The highest BCUT2D eigenvalue weighted by Gasteiger charge is 2.62. The topological polar surface area (TPSA) is 74.8 Å². The average Bonchev–Trinajstić information content (AvgIpc) is 3.86. The quantitative estimate of drug-likeness (QED) is 0.256. The first-order valence-electron chi connectivity index (χ1n) is 16.3. The van der Waals surface area contributed by atoms with Gasteiger partial charge in [-0.2, -0.15) is 0 Å². The van der Waals surface area contributed by atoms with Gasteiger partial charge in [0.1, 0.15) is 0 Å². The number of imide groups is 2. The minimum atomic E-state index is -0.395. The van der Waals surface area contributed by atoms with Gasteiger partial charge in [0.2, 0.25) is 23.6 Å². The summed E-state index contributed by atoms with van der Waals surface area (Å²) in [6.45, 7) is 12.0. The van der Waals surface area contributed by atoms with Crippen molar-refractivity contribution in [1.82, 2.24) is 0 Å². The molecule has 2 saturated heterocycles. The number of hydrogen-bond donors (Lipinski definition) is 0. The molecule has 8 unspecified atom stereocenters. The van der Waals surface area contributed by atoms with E-state index in [1.165, 1.54) is 20.9 Å². The number of allylic oxidation sites excluding steroid dienone is 6. The Bertz CT molecular complexity index is 1620. The standard InChI is InChI=1S/C39H38N2O4/c1-5-7-21-17-23-19-29(21)33-31(23)35(42)40(37(33)44)27-13-9-25(10-14-27)39(3,4)26-11-15-28(16-12-26)41-36(43)32-24-18-22(8-6-2)30(20-24)34(32)38(41)45/h5-6,9-18,23-24,29-34H,1-2,7-8,19-20H2,3-4H3. The Morgan fingerprint density at radius 3 is 1.33 bits per heavy atom. The minimum Gasteiger partial charge on any atom is -0.274 e. The third kappa shape index (κ3) is 3.81. The molecule has 0 radical (unpaired) electrons. The van der Waals surface area contributed by atoms with E-state index in [4.69, 9.17) is 0 Å². The molecular weight excluding hydrogens is 560 g/mol. The van der Waals surface area contributed by atoms with Crippen LogP contribution in [0.3, 0.4) is 0 Å². The Morgan fingerprint density at radius 1 is 0.622 bits per heavy atom. The number of benzene rings is 2. The van der Waals surface area contributed by atoms with Crippen LogP contribution >= 0.6 is 0 Å². The van der Waals surface area contributed by atoms with E-state index in [9.17, 15) is 19.2 Å². The molecule has 6 heteroatoms. The van der Waals surface area contributed by atoms with Crippen molar-refractivity contribution in [2.45, 2.75) is 44.9 Å². The highest BCUT2D eigenvalue weighted by Crippen LogP contribution is 2.58. The van der Waals surface area contributed by atoms with Gasteiger partial charge in [-0.15, -0.1) is 13.2 Å². The van der Waals surface area contributed by atoms with Crippen molar-refractivity contribution in [2.75, 3.05) is 9.80 Å². The van der Waals surface area contributed by atoms with Crippen LogP contribution in [0.4, 0.5) is 11.4 Å². The monoisotopic (exact) mass is 598 g/mol. The normalized spacial score (nSPS) is 32.8.